The third kappa shape index (κ3) is 3.30. The Bertz CT molecular complexity index is 624. The summed E-state index contributed by atoms with van der Waals surface area (Å²) in [5.74, 6) is -0.177. The molecule has 3 N–H and O–H groups in total. The predicted molar refractivity (Wildman–Crippen MR) is 87.3 cm³/mol. The Balaban J connectivity index is 2.17. The maximum Gasteiger partial charge on any atom is 0.255 e. The number of nitrogen functional groups attached to an aromatic ring is 1. The highest BCUT2D eigenvalue weighted by Crippen LogP contribution is 2.23. The third-order valence-electron chi connectivity index (χ3n) is 2.87. The van der Waals surface area contributed by atoms with E-state index in [-0.39, 0.29) is 5.91 Å². The summed E-state index contributed by atoms with van der Waals surface area (Å²) in [7, 11) is 3.82. The van der Waals surface area contributed by atoms with Gasteiger partial charge in [-0.05, 0) is 42.5 Å². The number of hydrogen-bond acceptors (Lipinski definition) is 3. The molecule has 0 atom stereocenters. The molecule has 5 heteroatoms. The highest BCUT2D eigenvalue weighted by Gasteiger charge is 2.09. The van der Waals surface area contributed by atoms with Crippen LogP contribution in [0.4, 0.5) is 17.1 Å². The molecule has 0 aromatic heterocycles. The largest absolute Gasteiger partial charge is 0.397 e. The van der Waals surface area contributed by atoms with E-state index in [1.807, 2.05) is 49.3 Å². The number of benzene rings is 2. The second kappa shape index (κ2) is 5.96. The summed E-state index contributed by atoms with van der Waals surface area (Å²) in [6, 6.07) is 12.7. The molecule has 0 fully saturated rings. The molecule has 2 aromatic rings. The van der Waals surface area contributed by atoms with Crippen molar-refractivity contribution < 1.29 is 4.79 Å². The lowest BCUT2D eigenvalue weighted by molar-refractivity contribution is 0.102. The van der Waals surface area contributed by atoms with Crippen LogP contribution in [0.3, 0.4) is 0 Å². The van der Waals surface area contributed by atoms with Crippen LogP contribution in [0.15, 0.2) is 46.9 Å². The van der Waals surface area contributed by atoms with Gasteiger partial charge in [0.2, 0.25) is 0 Å². The quantitative estimate of drug-likeness (QED) is 0.847. The normalized spacial score (nSPS) is 10.2. The van der Waals surface area contributed by atoms with Crippen LogP contribution in [0.2, 0.25) is 0 Å². The maximum absolute atomic E-state index is 12.1. The van der Waals surface area contributed by atoms with Crippen LogP contribution in [0.25, 0.3) is 0 Å². The topological polar surface area (TPSA) is 58.4 Å². The van der Waals surface area contributed by atoms with E-state index >= 15 is 0 Å². The van der Waals surface area contributed by atoms with Gasteiger partial charge in [0.05, 0.1) is 11.4 Å². The average molecular weight is 334 g/mol. The number of nitrogens with one attached hydrogen (secondary N) is 1. The number of nitrogens with two attached hydrogens (primary N) is 1. The highest BCUT2D eigenvalue weighted by molar-refractivity contribution is 9.10. The van der Waals surface area contributed by atoms with E-state index in [0.717, 1.165) is 15.8 Å². The summed E-state index contributed by atoms with van der Waals surface area (Å²) in [4.78, 5) is 14.0. The van der Waals surface area contributed by atoms with E-state index in [9.17, 15) is 4.79 Å². The lowest BCUT2D eigenvalue weighted by atomic mass is 10.1. The summed E-state index contributed by atoms with van der Waals surface area (Å²) in [6.45, 7) is 0. The van der Waals surface area contributed by atoms with Crippen LogP contribution in [-0.4, -0.2) is 20.0 Å². The number of nitrogens with zero attached hydrogens (tertiary/aromatic N) is 1. The lowest BCUT2D eigenvalue weighted by Crippen LogP contribution is -2.15. The number of amides is 1. The number of rotatable bonds is 3. The van der Waals surface area contributed by atoms with Crippen LogP contribution >= 0.6 is 15.9 Å². The monoisotopic (exact) mass is 333 g/mol. The van der Waals surface area contributed by atoms with Crippen molar-refractivity contribution in [3.63, 3.8) is 0 Å². The fourth-order valence-corrected chi connectivity index (χ4v) is 2.10. The molecule has 0 aliphatic heterocycles. The van der Waals surface area contributed by atoms with Gasteiger partial charge in [-0.15, -0.1) is 0 Å². The van der Waals surface area contributed by atoms with Crippen molar-refractivity contribution in [1.29, 1.82) is 0 Å². The van der Waals surface area contributed by atoms with Crippen molar-refractivity contribution in [1.82, 2.24) is 0 Å². The molecule has 104 valence electrons. The van der Waals surface area contributed by atoms with E-state index < -0.39 is 0 Å². The van der Waals surface area contributed by atoms with Gasteiger partial charge in [-0.2, -0.15) is 0 Å². The molecule has 0 saturated carbocycles. The Morgan fingerprint density at radius 3 is 2.35 bits per heavy atom. The van der Waals surface area contributed by atoms with Crippen molar-refractivity contribution in [3.8, 4) is 0 Å². The summed E-state index contributed by atoms with van der Waals surface area (Å²) in [5, 5.41) is 2.83. The SMILES string of the molecule is CN(C)c1ccc(C(=O)Nc2ccc(Br)cc2)cc1N. The Labute approximate surface area is 126 Å². The van der Waals surface area contributed by atoms with Gasteiger partial charge in [-0.1, -0.05) is 15.9 Å². The standard InChI is InChI=1S/C15H16BrN3O/c1-19(2)14-8-3-10(9-13(14)17)15(20)18-12-6-4-11(16)5-7-12/h3-9H,17H2,1-2H3,(H,18,20). The summed E-state index contributed by atoms with van der Waals surface area (Å²) >= 11 is 3.35. The molecule has 1 amide bonds. The Morgan fingerprint density at radius 2 is 1.80 bits per heavy atom. The number of hydrogen-bond donors (Lipinski definition) is 2. The van der Waals surface area contributed by atoms with Gasteiger partial charge in [-0.3, -0.25) is 4.79 Å². The Hall–Kier alpha value is -2.01. The minimum absolute atomic E-state index is 0.177. The van der Waals surface area contributed by atoms with E-state index in [4.69, 9.17) is 5.73 Å². The van der Waals surface area contributed by atoms with E-state index in [2.05, 4.69) is 21.2 Å². The first kappa shape index (κ1) is 14.4. The first-order valence-electron chi connectivity index (χ1n) is 6.11. The van der Waals surface area contributed by atoms with Crippen LogP contribution in [-0.2, 0) is 0 Å². The fraction of sp³-hybridized carbons (Fsp3) is 0.133. The van der Waals surface area contributed by atoms with Crippen LogP contribution in [0.5, 0.6) is 0 Å². The number of halogens is 1. The van der Waals surface area contributed by atoms with Gasteiger partial charge >= 0.3 is 0 Å². The molecule has 4 nitrogen and oxygen atoms in total. The molecule has 0 heterocycles. The van der Waals surface area contributed by atoms with Crippen molar-refractivity contribution in [3.05, 3.63) is 52.5 Å². The molecule has 0 aliphatic rings. The Morgan fingerprint density at radius 1 is 1.15 bits per heavy atom. The average Bonchev–Trinajstić information content (AvgIpc) is 2.40. The van der Waals surface area contributed by atoms with Crippen LogP contribution in [0, 0.1) is 0 Å². The highest BCUT2D eigenvalue weighted by atomic mass is 79.9. The molecule has 0 bridgehead atoms. The van der Waals surface area contributed by atoms with Crippen LogP contribution in [0.1, 0.15) is 10.4 Å². The van der Waals surface area contributed by atoms with Gasteiger partial charge in [0.1, 0.15) is 0 Å². The van der Waals surface area contributed by atoms with Gasteiger partial charge in [0.15, 0.2) is 0 Å². The van der Waals surface area contributed by atoms with Gasteiger partial charge in [0.25, 0.3) is 5.91 Å². The van der Waals surface area contributed by atoms with Gasteiger partial charge < -0.3 is 16.0 Å². The summed E-state index contributed by atoms with van der Waals surface area (Å²) in [5.41, 5.74) is 8.70. The predicted octanol–water partition coefficient (Wildman–Crippen LogP) is 3.35. The third-order valence-corrected chi connectivity index (χ3v) is 3.40. The minimum atomic E-state index is -0.177. The zero-order valence-electron chi connectivity index (χ0n) is 11.4. The van der Waals surface area contributed by atoms with Crippen molar-refractivity contribution in [2.45, 2.75) is 0 Å². The fourth-order valence-electron chi connectivity index (χ4n) is 1.84. The van der Waals surface area contributed by atoms with Crippen molar-refractivity contribution in [2.75, 3.05) is 30.0 Å². The molecule has 0 aliphatic carbocycles. The molecule has 20 heavy (non-hydrogen) atoms. The molecular weight excluding hydrogens is 318 g/mol. The molecule has 0 radical (unpaired) electrons. The number of carbonyl (C=O) groups is 1. The van der Waals surface area contributed by atoms with Crippen molar-refractivity contribution in [2.24, 2.45) is 0 Å². The van der Waals surface area contributed by atoms with Gasteiger partial charge in [0, 0.05) is 29.8 Å². The molecule has 2 aromatic carbocycles. The first-order chi connectivity index (χ1) is 9.47. The van der Waals surface area contributed by atoms with E-state index in [1.54, 1.807) is 12.1 Å². The molecular formula is C15H16BrN3O. The smallest absolute Gasteiger partial charge is 0.255 e. The first-order valence-corrected chi connectivity index (χ1v) is 6.90. The minimum Gasteiger partial charge on any atom is -0.397 e. The molecule has 0 spiro atoms. The molecule has 2 rings (SSSR count). The lowest BCUT2D eigenvalue weighted by Gasteiger charge is -2.16. The van der Waals surface area contributed by atoms with Gasteiger partial charge in [-0.25, -0.2) is 0 Å². The van der Waals surface area contributed by atoms with Crippen molar-refractivity contribution >= 4 is 38.9 Å². The summed E-state index contributed by atoms with van der Waals surface area (Å²) in [6.07, 6.45) is 0. The van der Waals surface area contributed by atoms with E-state index in [0.29, 0.717) is 11.3 Å². The molecule has 0 unspecified atom stereocenters. The van der Waals surface area contributed by atoms with Crippen LogP contribution < -0.4 is 16.0 Å². The number of anilines is 3. The second-order valence-corrected chi connectivity index (χ2v) is 5.54. The Kier molecular flexibility index (Phi) is 4.29. The summed E-state index contributed by atoms with van der Waals surface area (Å²) < 4.78 is 0.968. The zero-order valence-corrected chi connectivity index (χ0v) is 12.9. The molecule has 0 saturated heterocycles. The maximum atomic E-state index is 12.1. The zero-order chi connectivity index (χ0) is 14.7. The number of carbonyl (C=O) groups excluding carboxylic acids is 1. The van der Waals surface area contributed by atoms with E-state index in [1.165, 1.54) is 0 Å². The second-order valence-electron chi connectivity index (χ2n) is 4.63.